The number of esters is 1. The number of ether oxygens (including phenoxy) is 1. The van der Waals surface area contributed by atoms with Crippen molar-refractivity contribution < 1.29 is 14.6 Å². The van der Waals surface area contributed by atoms with Gasteiger partial charge in [-0.1, -0.05) is 23.7 Å². The van der Waals surface area contributed by atoms with Crippen LogP contribution in [0.1, 0.15) is 68.3 Å². The van der Waals surface area contributed by atoms with E-state index < -0.39 is 5.60 Å². The first-order chi connectivity index (χ1) is 12.2. The molecule has 0 amide bonds. The summed E-state index contributed by atoms with van der Waals surface area (Å²) in [5.41, 5.74) is 0.722. The van der Waals surface area contributed by atoms with Gasteiger partial charge in [0.1, 0.15) is 5.60 Å². The molecule has 0 atom stereocenters. The molecule has 4 rings (SSSR count). The summed E-state index contributed by atoms with van der Waals surface area (Å²) in [5.74, 6) is 12.9. The number of methoxy groups -OCH3 is 1. The Morgan fingerprint density at radius 3 is 1.96 bits per heavy atom. The van der Waals surface area contributed by atoms with Gasteiger partial charge in [0.05, 0.1) is 12.7 Å². The van der Waals surface area contributed by atoms with Gasteiger partial charge in [0.15, 0.2) is 0 Å². The second kappa shape index (κ2) is 6.82. The molecule has 26 heavy (non-hydrogen) atoms. The van der Waals surface area contributed by atoms with Crippen LogP contribution < -0.4 is 0 Å². The van der Waals surface area contributed by atoms with E-state index in [1.165, 1.54) is 7.11 Å². The lowest BCUT2D eigenvalue weighted by molar-refractivity contribution is 0.0600. The molecule has 1 aromatic carbocycles. The molecule has 3 nitrogen and oxygen atoms in total. The van der Waals surface area contributed by atoms with E-state index in [9.17, 15) is 9.90 Å². The van der Waals surface area contributed by atoms with Crippen LogP contribution in [0.5, 0.6) is 0 Å². The van der Waals surface area contributed by atoms with Crippen molar-refractivity contribution in [1.82, 2.24) is 0 Å². The quantitative estimate of drug-likeness (QED) is 0.616. The summed E-state index contributed by atoms with van der Waals surface area (Å²) < 4.78 is 4.72. The normalized spacial score (nSPS) is 26.9. The largest absolute Gasteiger partial charge is 0.465 e. The summed E-state index contributed by atoms with van der Waals surface area (Å²) in [7, 11) is 1.38. The number of aliphatic hydroxyl groups is 1. The molecule has 136 valence electrons. The molecule has 1 aromatic rings. The number of carbonyl (C=O) groups is 1. The van der Waals surface area contributed by atoms with Crippen LogP contribution >= 0.6 is 0 Å². The highest BCUT2D eigenvalue weighted by atomic mass is 16.5. The van der Waals surface area contributed by atoms with Gasteiger partial charge in [0, 0.05) is 16.4 Å². The van der Waals surface area contributed by atoms with Gasteiger partial charge in [-0.25, -0.2) is 4.79 Å². The highest BCUT2D eigenvalue weighted by Gasteiger charge is 2.47. The molecule has 0 aromatic heterocycles. The van der Waals surface area contributed by atoms with Crippen molar-refractivity contribution in [3.8, 4) is 23.7 Å². The minimum absolute atomic E-state index is 0.0750. The summed E-state index contributed by atoms with van der Waals surface area (Å²) in [4.78, 5) is 11.5. The molecule has 0 saturated heterocycles. The number of carbonyl (C=O) groups excluding carboxylic acids is 1. The molecule has 1 N–H and O–H groups in total. The first-order valence-electron chi connectivity index (χ1n) is 9.23. The van der Waals surface area contributed by atoms with Crippen molar-refractivity contribution >= 4 is 5.97 Å². The lowest BCUT2D eigenvalue weighted by atomic mass is 9.54. The number of rotatable bonds is 1. The lowest BCUT2D eigenvalue weighted by Crippen LogP contribution is -2.40. The third-order valence-corrected chi connectivity index (χ3v) is 5.66. The van der Waals surface area contributed by atoms with Crippen molar-refractivity contribution in [1.29, 1.82) is 0 Å². The Morgan fingerprint density at radius 1 is 1.00 bits per heavy atom. The third-order valence-electron chi connectivity index (χ3n) is 5.66. The maximum atomic E-state index is 11.5. The minimum Gasteiger partial charge on any atom is -0.465 e. The van der Waals surface area contributed by atoms with Gasteiger partial charge in [0.2, 0.25) is 0 Å². The van der Waals surface area contributed by atoms with Crippen LogP contribution in [0.2, 0.25) is 0 Å². The van der Waals surface area contributed by atoms with Crippen LogP contribution in [-0.4, -0.2) is 23.8 Å². The van der Waals surface area contributed by atoms with E-state index in [0.717, 1.165) is 44.1 Å². The van der Waals surface area contributed by atoms with Gasteiger partial charge < -0.3 is 9.84 Å². The molecular formula is C23H26O3. The average Bonchev–Trinajstić information content (AvgIpc) is 2.66. The molecular weight excluding hydrogens is 324 g/mol. The molecule has 3 aliphatic rings. The van der Waals surface area contributed by atoms with Crippen LogP contribution in [0.3, 0.4) is 0 Å². The standard InChI is InChI=1S/C23H26O3/c1-21(2,25)10-11-23-15-12-22(13-16-23,14-17-23)9-8-18-4-6-19(7-5-18)20(24)26-3/h4-7,25H,12-17H2,1-3H3. The van der Waals surface area contributed by atoms with Crippen molar-refractivity contribution in [3.63, 3.8) is 0 Å². The summed E-state index contributed by atoms with van der Waals surface area (Å²) in [5, 5.41) is 9.88. The summed E-state index contributed by atoms with van der Waals surface area (Å²) in [6.07, 6.45) is 6.40. The maximum Gasteiger partial charge on any atom is 0.337 e. The minimum atomic E-state index is -0.920. The number of fused-ring (bicyclic) bond motifs is 3. The fraction of sp³-hybridized carbons (Fsp3) is 0.522. The predicted molar refractivity (Wildman–Crippen MR) is 101 cm³/mol. The van der Waals surface area contributed by atoms with Gasteiger partial charge in [-0.05, 0) is 76.6 Å². The Labute approximate surface area is 156 Å². The smallest absolute Gasteiger partial charge is 0.337 e. The molecule has 2 bridgehead atoms. The second-order valence-electron chi connectivity index (χ2n) is 8.19. The zero-order chi connectivity index (χ0) is 18.8. The van der Waals surface area contributed by atoms with Crippen molar-refractivity contribution in [2.75, 3.05) is 7.11 Å². The Hall–Kier alpha value is -2.23. The Kier molecular flexibility index (Phi) is 4.87. The van der Waals surface area contributed by atoms with Gasteiger partial charge >= 0.3 is 5.97 Å². The molecule has 0 unspecified atom stereocenters. The van der Waals surface area contributed by atoms with Crippen LogP contribution in [-0.2, 0) is 4.74 Å². The van der Waals surface area contributed by atoms with E-state index in [2.05, 4.69) is 23.7 Å². The van der Waals surface area contributed by atoms with Crippen LogP contribution in [0.4, 0.5) is 0 Å². The first kappa shape index (κ1) is 18.6. The SMILES string of the molecule is COC(=O)c1ccc(C#CC23CCC(C#CC(C)(C)O)(CC2)CC3)cc1. The molecule has 0 aliphatic heterocycles. The fourth-order valence-electron chi connectivity index (χ4n) is 3.86. The van der Waals surface area contributed by atoms with E-state index in [4.69, 9.17) is 4.74 Å². The van der Waals surface area contributed by atoms with Crippen LogP contribution in [0, 0.1) is 34.5 Å². The Balaban J connectivity index is 1.69. The Bertz CT molecular complexity index is 779. The molecule has 3 fully saturated rings. The summed E-state index contributed by atoms with van der Waals surface area (Å²) >= 11 is 0. The number of hydrogen-bond donors (Lipinski definition) is 1. The lowest BCUT2D eigenvalue weighted by Gasteiger charge is -2.49. The predicted octanol–water partition coefficient (Wildman–Crippen LogP) is 3.94. The maximum absolute atomic E-state index is 11.5. The average molecular weight is 350 g/mol. The van der Waals surface area contributed by atoms with E-state index in [1.54, 1.807) is 26.0 Å². The summed E-state index contributed by atoms with van der Waals surface area (Å²) in [6.45, 7) is 3.48. The van der Waals surface area contributed by atoms with Crippen molar-refractivity contribution in [2.45, 2.75) is 58.0 Å². The molecule has 0 heterocycles. The molecule has 3 heteroatoms. The zero-order valence-corrected chi connectivity index (χ0v) is 15.8. The van der Waals surface area contributed by atoms with E-state index in [0.29, 0.717) is 5.56 Å². The van der Waals surface area contributed by atoms with Crippen LogP contribution in [0.25, 0.3) is 0 Å². The van der Waals surface area contributed by atoms with Gasteiger partial charge in [-0.15, -0.1) is 0 Å². The van der Waals surface area contributed by atoms with Crippen molar-refractivity contribution in [2.24, 2.45) is 10.8 Å². The second-order valence-corrected chi connectivity index (χ2v) is 8.19. The topological polar surface area (TPSA) is 46.5 Å². The molecule has 3 saturated carbocycles. The molecule has 3 aliphatic carbocycles. The highest BCUT2D eigenvalue weighted by Crippen LogP contribution is 2.56. The van der Waals surface area contributed by atoms with E-state index in [-0.39, 0.29) is 16.8 Å². The van der Waals surface area contributed by atoms with Gasteiger partial charge in [-0.2, -0.15) is 0 Å². The molecule has 0 radical (unpaired) electrons. The zero-order valence-electron chi connectivity index (χ0n) is 15.8. The van der Waals surface area contributed by atoms with Crippen molar-refractivity contribution in [3.05, 3.63) is 35.4 Å². The third kappa shape index (κ3) is 4.12. The van der Waals surface area contributed by atoms with E-state index in [1.807, 2.05) is 12.1 Å². The van der Waals surface area contributed by atoms with Gasteiger partial charge in [0.25, 0.3) is 0 Å². The molecule has 0 spiro atoms. The van der Waals surface area contributed by atoms with Crippen LogP contribution in [0.15, 0.2) is 24.3 Å². The fourth-order valence-corrected chi connectivity index (χ4v) is 3.86. The highest BCUT2D eigenvalue weighted by molar-refractivity contribution is 5.89. The first-order valence-corrected chi connectivity index (χ1v) is 9.23. The summed E-state index contributed by atoms with van der Waals surface area (Å²) in [6, 6.07) is 7.26. The van der Waals surface area contributed by atoms with Gasteiger partial charge in [-0.3, -0.25) is 0 Å². The van der Waals surface area contributed by atoms with E-state index >= 15 is 0 Å². The Morgan fingerprint density at radius 2 is 1.50 bits per heavy atom. The number of benzene rings is 1. The number of hydrogen-bond acceptors (Lipinski definition) is 3. The monoisotopic (exact) mass is 350 g/mol.